The zero-order chi connectivity index (χ0) is 21.6. The Morgan fingerprint density at radius 3 is 2.40 bits per heavy atom. The smallest absolute Gasteiger partial charge is 0.253 e. The van der Waals surface area contributed by atoms with Gasteiger partial charge in [-0.25, -0.2) is 8.42 Å². The summed E-state index contributed by atoms with van der Waals surface area (Å²) in [5, 5.41) is 9.43. The van der Waals surface area contributed by atoms with Gasteiger partial charge in [0.25, 0.3) is 5.91 Å². The molecular weight excluding hydrogens is 400 g/mol. The van der Waals surface area contributed by atoms with Gasteiger partial charge in [0.05, 0.1) is 11.5 Å². The molecule has 1 aliphatic rings. The Labute approximate surface area is 179 Å². The number of rotatable bonds is 8. The first-order valence-electron chi connectivity index (χ1n) is 10.5. The van der Waals surface area contributed by atoms with Crippen LogP contribution in [0.1, 0.15) is 40.7 Å². The Morgan fingerprint density at radius 2 is 1.73 bits per heavy atom. The van der Waals surface area contributed by atoms with E-state index in [2.05, 4.69) is 0 Å². The topological polar surface area (TPSA) is 77.9 Å². The van der Waals surface area contributed by atoms with Gasteiger partial charge in [-0.15, -0.1) is 0 Å². The number of carbonyl (C=O) groups excluding carboxylic acids is 1. The first-order valence-corrected chi connectivity index (χ1v) is 11.9. The maximum absolute atomic E-state index is 13.2. The molecule has 0 radical (unpaired) electrons. The molecule has 0 saturated carbocycles. The van der Waals surface area contributed by atoms with Crippen LogP contribution in [0.5, 0.6) is 0 Å². The number of aliphatic hydroxyl groups excluding tert-OH is 1. The molecule has 7 heteroatoms. The third-order valence-corrected chi connectivity index (χ3v) is 7.58. The molecule has 1 fully saturated rings. The van der Waals surface area contributed by atoms with Crippen molar-refractivity contribution < 1.29 is 18.3 Å². The molecule has 1 heterocycles. The normalized spacial score (nSPS) is 15.1. The second-order valence-corrected chi connectivity index (χ2v) is 9.60. The lowest BCUT2D eigenvalue weighted by molar-refractivity contribution is 0.0723. The molecule has 2 aromatic carbocycles. The molecule has 3 rings (SSSR count). The molecule has 0 bridgehead atoms. The van der Waals surface area contributed by atoms with Crippen molar-refractivity contribution in [1.82, 2.24) is 9.21 Å². The van der Waals surface area contributed by atoms with Gasteiger partial charge in [-0.1, -0.05) is 42.8 Å². The van der Waals surface area contributed by atoms with Crippen molar-refractivity contribution in [2.45, 2.75) is 37.5 Å². The molecule has 0 atom stereocenters. The van der Waals surface area contributed by atoms with E-state index in [9.17, 15) is 18.3 Å². The van der Waals surface area contributed by atoms with Crippen LogP contribution in [0.15, 0.2) is 53.4 Å². The summed E-state index contributed by atoms with van der Waals surface area (Å²) in [6.07, 6.45) is 3.43. The highest BCUT2D eigenvalue weighted by molar-refractivity contribution is 7.89. The Bertz CT molecular complexity index is 954. The van der Waals surface area contributed by atoms with Crippen LogP contribution in [0.25, 0.3) is 0 Å². The van der Waals surface area contributed by atoms with E-state index in [-0.39, 0.29) is 24.0 Å². The molecule has 1 N–H and O–H groups in total. The van der Waals surface area contributed by atoms with Crippen molar-refractivity contribution in [2.75, 3.05) is 32.8 Å². The summed E-state index contributed by atoms with van der Waals surface area (Å²) in [6, 6.07) is 14.7. The largest absolute Gasteiger partial charge is 0.395 e. The lowest BCUT2D eigenvalue weighted by atomic mass is 10.1. The maximum Gasteiger partial charge on any atom is 0.253 e. The summed E-state index contributed by atoms with van der Waals surface area (Å²) in [4.78, 5) is 14.9. The maximum atomic E-state index is 13.2. The Hall–Kier alpha value is -2.22. The molecular formula is C23H30N2O4S. The standard InChI is InChI=1S/C23H30N2O4S/c1-19-10-11-21(18-22(19)30(28,29)25-13-6-3-7-14-25)23(27)24(16-17-26)15-12-20-8-4-2-5-9-20/h2,4-5,8-11,18,26H,3,6-7,12-17H2,1H3. The summed E-state index contributed by atoms with van der Waals surface area (Å²) in [5.41, 5.74) is 2.07. The van der Waals surface area contributed by atoms with Crippen LogP contribution >= 0.6 is 0 Å². The second kappa shape index (κ2) is 10.2. The van der Waals surface area contributed by atoms with Gasteiger partial charge in [0.2, 0.25) is 10.0 Å². The molecule has 1 saturated heterocycles. The summed E-state index contributed by atoms with van der Waals surface area (Å²) in [6.45, 7) is 3.30. The molecule has 0 spiro atoms. The number of hydrogen-bond acceptors (Lipinski definition) is 4. The van der Waals surface area contributed by atoms with Gasteiger partial charge in [-0.05, 0) is 49.4 Å². The van der Waals surface area contributed by atoms with Gasteiger partial charge in [0.15, 0.2) is 0 Å². The van der Waals surface area contributed by atoms with Gasteiger partial charge in [-0.3, -0.25) is 4.79 Å². The van der Waals surface area contributed by atoms with E-state index < -0.39 is 10.0 Å². The monoisotopic (exact) mass is 430 g/mol. The van der Waals surface area contributed by atoms with E-state index in [1.54, 1.807) is 24.0 Å². The van der Waals surface area contributed by atoms with Gasteiger partial charge in [0, 0.05) is 31.7 Å². The number of sulfonamides is 1. The van der Waals surface area contributed by atoms with E-state index in [0.29, 0.717) is 37.2 Å². The Balaban J connectivity index is 1.82. The van der Waals surface area contributed by atoms with Crippen molar-refractivity contribution in [3.63, 3.8) is 0 Å². The van der Waals surface area contributed by atoms with Crippen LogP contribution in [-0.4, -0.2) is 61.4 Å². The highest BCUT2D eigenvalue weighted by atomic mass is 32.2. The highest BCUT2D eigenvalue weighted by Crippen LogP contribution is 2.25. The van der Waals surface area contributed by atoms with Crippen LogP contribution in [0, 0.1) is 6.92 Å². The Kier molecular flexibility index (Phi) is 7.64. The molecule has 0 aliphatic carbocycles. The van der Waals surface area contributed by atoms with E-state index in [1.165, 1.54) is 10.4 Å². The SMILES string of the molecule is Cc1ccc(C(=O)N(CCO)CCc2ccccc2)cc1S(=O)(=O)N1CCCCC1. The number of aliphatic hydroxyl groups is 1. The molecule has 6 nitrogen and oxygen atoms in total. The first-order chi connectivity index (χ1) is 14.4. The number of piperidine rings is 1. The quantitative estimate of drug-likeness (QED) is 0.699. The van der Waals surface area contributed by atoms with Crippen LogP contribution < -0.4 is 0 Å². The minimum absolute atomic E-state index is 0.147. The average molecular weight is 431 g/mol. The fraction of sp³-hybridized carbons (Fsp3) is 0.435. The van der Waals surface area contributed by atoms with E-state index in [1.807, 2.05) is 30.3 Å². The highest BCUT2D eigenvalue weighted by Gasteiger charge is 2.28. The van der Waals surface area contributed by atoms with Gasteiger partial charge in [-0.2, -0.15) is 4.31 Å². The molecule has 162 valence electrons. The Morgan fingerprint density at radius 1 is 1.03 bits per heavy atom. The van der Waals surface area contributed by atoms with Crippen molar-refractivity contribution in [3.8, 4) is 0 Å². The third kappa shape index (κ3) is 5.28. The van der Waals surface area contributed by atoms with Crippen LogP contribution in [0.3, 0.4) is 0 Å². The minimum Gasteiger partial charge on any atom is -0.395 e. The van der Waals surface area contributed by atoms with Crippen molar-refractivity contribution in [2.24, 2.45) is 0 Å². The molecule has 1 amide bonds. The van der Waals surface area contributed by atoms with Crippen molar-refractivity contribution >= 4 is 15.9 Å². The van der Waals surface area contributed by atoms with Gasteiger partial charge >= 0.3 is 0 Å². The molecule has 0 aromatic heterocycles. The molecule has 30 heavy (non-hydrogen) atoms. The third-order valence-electron chi connectivity index (χ3n) is 5.54. The zero-order valence-corrected chi connectivity index (χ0v) is 18.3. The predicted molar refractivity (Wildman–Crippen MR) is 117 cm³/mol. The van der Waals surface area contributed by atoms with E-state index >= 15 is 0 Å². The van der Waals surface area contributed by atoms with Crippen LogP contribution in [0.2, 0.25) is 0 Å². The number of nitrogens with zero attached hydrogens (tertiary/aromatic N) is 2. The van der Waals surface area contributed by atoms with E-state index in [0.717, 1.165) is 24.8 Å². The number of amides is 1. The van der Waals surface area contributed by atoms with Crippen molar-refractivity contribution in [3.05, 3.63) is 65.2 Å². The summed E-state index contributed by atoms with van der Waals surface area (Å²) < 4.78 is 27.8. The number of benzene rings is 2. The second-order valence-electron chi connectivity index (χ2n) is 7.70. The number of carbonyl (C=O) groups is 1. The first kappa shape index (κ1) is 22.5. The number of aryl methyl sites for hydroxylation is 1. The van der Waals surface area contributed by atoms with E-state index in [4.69, 9.17) is 0 Å². The van der Waals surface area contributed by atoms with Gasteiger partial charge in [0.1, 0.15) is 0 Å². The fourth-order valence-electron chi connectivity index (χ4n) is 3.78. The summed E-state index contributed by atoms with van der Waals surface area (Å²) in [7, 11) is -3.63. The van der Waals surface area contributed by atoms with Crippen molar-refractivity contribution in [1.29, 1.82) is 0 Å². The summed E-state index contributed by atoms with van der Waals surface area (Å²) >= 11 is 0. The minimum atomic E-state index is -3.63. The molecule has 1 aliphatic heterocycles. The fourth-order valence-corrected chi connectivity index (χ4v) is 5.55. The summed E-state index contributed by atoms with van der Waals surface area (Å²) in [5.74, 6) is -0.268. The average Bonchev–Trinajstić information content (AvgIpc) is 2.77. The lowest BCUT2D eigenvalue weighted by Gasteiger charge is -2.27. The number of hydrogen-bond donors (Lipinski definition) is 1. The lowest BCUT2D eigenvalue weighted by Crippen LogP contribution is -2.37. The van der Waals surface area contributed by atoms with Crippen LogP contribution in [0.4, 0.5) is 0 Å². The zero-order valence-electron chi connectivity index (χ0n) is 17.5. The molecule has 2 aromatic rings. The molecule has 0 unspecified atom stereocenters. The van der Waals surface area contributed by atoms with Crippen LogP contribution in [-0.2, 0) is 16.4 Å². The van der Waals surface area contributed by atoms with Gasteiger partial charge < -0.3 is 10.0 Å². The predicted octanol–water partition coefficient (Wildman–Crippen LogP) is 2.85.